The van der Waals surface area contributed by atoms with Gasteiger partial charge >= 0.3 is 6.18 Å². The summed E-state index contributed by atoms with van der Waals surface area (Å²) in [7, 11) is 1.67. The van der Waals surface area contributed by atoms with Crippen LogP contribution in [0, 0.1) is 6.92 Å². The molecule has 4 rings (SSSR count). The van der Waals surface area contributed by atoms with Crippen molar-refractivity contribution in [1.82, 2.24) is 24.9 Å². The maximum atomic E-state index is 12.7. The molecule has 1 aromatic carbocycles. The summed E-state index contributed by atoms with van der Waals surface area (Å²) in [5, 5.41) is 8.15. The van der Waals surface area contributed by atoms with Gasteiger partial charge in [-0.15, -0.1) is 0 Å². The molecule has 0 unspecified atom stereocenters. The zero-order valence-electron chi connectivity index (χ0n) is 17.4. The number of aryl methyl sites for hydroxylation is 2. The molecule has 170 valence electrons. The molecule has 0 aliphatic rings. The van der Waals surface area contributed by atoms with Gasteiger partial charge in [-0.05, 0) is 30.7 Å². The number of hydrogen-bond donors (Lipinski definition) is 1. The topological polar surface area (TPSA) is 122 Å². The zero-order chi connectivity index (χ0) is 23.8. The van der Waals surface area contributed by atoms with Crippen LogP contribution in [0.1, 0.15) is 27.2 Å². The molecule has 1 amide bonds. The fraction of sp³-hybridized carbons (Fsp3) is 0.190. The zero-order valence-corrected chi connectivity index (χ0v) is 17.4. The van der Waals surface area contributed by atoms with Crippen molar-refractivity contribution in [2.24, 2.45) is 12.8 Å². The predicted octanol–water partition coefficient (Wildman–Crippen LogP) is 3.54. The Morgan fingerprint density at radius 3 is 2.64 bits per heavy atom. The number of pyridine rings is 1. The standard InChI is InChI=1S/C21H17F3N6O3/c1-11-7-12(3-5-14(11)18(25)31)19-28-20(33-29-19)15-9-27-30(2)16(15)10-32-17-6-4-13(8-26-17)21(22,23)24/h3-9H,10H2,1-2H3,(H2,25,31). The fourth-order valence-corrected chi connectivity index (χ4v) is 3.12. The summed E-state index contributed by atoms with van der Waals surface area (Å²) >= 11 is 0. The highest BCUT2D eigenvalue weighted by atomic mass is 19.4. The average molecular weight is 458 g/mol. The molecule has 0 saturated heterocycles. The third-order valence-corrected chi connectivity index (χ3v) is 4.89. The maximum Gasteiger partial charge on any atom is 0.417 e. The first kappa shape index (κ1) is 22.0. The molecule has 0 atom stereocenters. The van der Waals surface area contributed by atoms with E-state index in [1.54, 1.807) is 32.2 Å². The Hall–Kier alpha value is -4.22. The molecule has 0 fully saturated rings. The summed E-state index contributed by atoms with van der Waals surface area (Å²) < 4.78 is 50.5. The first-order chi connectivity index (χ1) is 15.6. The molecule has 0 radical (unpaired) electrons. The van der Waals surface area contributed by atoms with E-state index in [2.05, 4.69) is 20.2 Å². The Morgan fingerprint density at radius 2 is 2.00 bits per heavy atom. The summed E-state index contributed by atoms with van der Waals surface area (Å²) in [5.41, 5.74) is 7.20. The second-order valence-electron chi connectivity index (χ2n) is 7.12. The van der Waals surface area contributed by atoms with Crippen molar-refractivity contribution in [3.05, 3.63) is 65.1 Å². The molecule has 2 N–H and O–H groups in total. The normalized spacial score (nSPS) is 11.5. The van der Waals surface area contributed by atoms with Crippen molar-refractivity contribution >= 4 is 5.91 Å². The Kier molecular flexibility index (Phi) is 5.58. The minimum Gasteiger partial charge on any atom is -0.471 e. The molecule has 0 aliphatic carbocycles. The molecule has 3 heterocycles. The summed E-state index contributed by atoms with van der Waals surface area (Å²) in [6.07, 6.45) is -2.26. The van der Waals surface area contributed by atoms with Crippen molar-refractivity contribution in [2.45, 2.75) is 19.7 Å². The highest BCUT2D eigenvalue weighted by Crippen LogP contribution is 2.30. The number of amides is 1. The molecule has 3 aromatic heterocycles. The highest BCUT2D eigenvalue weighted by Gasteiger charge is 2.30. The molecule has 0 spiro atoms. The van der Waals surface area contributed by atoms with Gasteiger partial charge in [0, 0.05) is 30.4 Å². The summed E-state index contributed by atoms with van der Waals surface area (Å²) in [5.74, 6) is -0.0419. The van der Waals surface area contributed by atoms with Crippen LogP contribution >= 0.6 is 0 Å². The Bertz CT molecular complexity index is 1310. The van der Waals surface area contributed by atoms with Crippen LogP contribution in [-0.2, 0) is 19.8 Å². The van der Waals surface area contributed by atoms with E-state index in [1.807, 2.05) is 0 Å². The smallest absolute Gasteiger partial charge is 0.417 e. The van der Waals surface area contributed by atoms with Gasteiger partial charge in [-0.25, -0.2) is 4.98 Å². The van der Waals surface area contributed by atoms with Gasteiger partial charge in [-0.1, -0.05) is 11.2 Å². The number of carbonyl (C=O) groups excluding carboxylic acids is 1. The van der Waals surface area contributed by atoms with Gasteiger partial charge in [0.1, 0.15) is 6.61 Å². The largest absolute Gasteiger partial charge is 0.471 e. The number of nitrogens with two attached hydrogens (primary N) is 1. The SMILES string of the molecule is Cc1cc(-c2noc(-c3cnn(C)c3COc3ccc(C(F)(F)F)cn3)n2)ccc1C(N)=O. The molecule has 4 aromatic rings. The Balaban J connectivity index is 1.54. The van der Waals surface area contributed by atoms with Crippen LogP contribution in [0.25, 0.3) is 22.8 Å². The number of carbonyl (C=O) groups is 1. The number of primary amides is 1. The van der Waals surface area contributed by atoms with E-state index in [1.165, 1.54) is 10.9 Å². The van der Waals surface area contributed by atoms with Crippen LogP contribution in [0.4, 0.5) is 13.2 Å². The summed E-state index contributed by atoms with van der Waals surface area (Å²) in [6.45, 7) is 1.70. The third-order valence-electron chi connectivity index (χ3n) is 4.89. The maximum absolute atomic E-state index is 12.7. The molecule has 12 heteroatoms. The van der Waals surface area contributed by atoms with Crippen molar-refractivity contribution < 1.29 is 27.2 Å². The van der Waals surface area contributed by atoms with Gasteiger partial charge in [0.15, 0.2) is 0 Å². The Morgan fingerprint density at radius 1 is 1.21 bits per heavy atom. The number of rotatable bonds is 6. The van der Waals surface area contributed by atoms with Crippen molar-refractivity contribution in [3.8, 4) is 28.7 Å². The lowest BCUT2D eigenvalue weighted by molar-refractivity contribution is -0.137. The van der Waals surface area contributed by atoms with Crippen molar-refractivity contribution in [3.63, 3.8) is 0 Å². The quantitative estimate of drug-likeness (QED) is 0.469. The van der Waals surface area contributed by atoms with Gasteiger partial charge in [0.2, 0.25) is 17.6 Å². The van der Waals surface area contributed by atoms with Crippen LogP contribution in [0.2, 0.25) is 0 Å². The van der Waals surface area contributed by atoms with Crippen molar-refractivity contribution in [2.75, 3.05) is 0 Å². The lowest BCUT2D eigenvalue weighted by Crippen LogP contribution is -2.12. The van der Waals surface area contributed by atoms with E-state index in [4.69, 9.17) is 15.0 Å². The van der Waals surface area contributed by atoms with Gasteiger partial charge < -0.3 is 15.0 Å². The van der Waals surface area contributed by atoms with Gasteiger partial charge in [0.05, 0.1) is 23.0 Å². The monoisotopic (exact) mass is 458 g/mol. The van der Waals surface area contributed by atoms with Gasteiger partial charge in [-0.3, -0.25) is 9.48 Å². The number of benzene rings is 1. The Labute approximate surface area is 185 Å². The minimum atomic E-state index is -4.48. The molecule has 0 saturated carbocycles. The predicted molar refractivity (Wildman–Crippen MR) is 109 cm³/mol. The number of ether oxygens (including phenoxy) is 1. The minimum absolute atomic E-state index is 0.0198. The number of hydrogen-bond acceptors (Lipinski definition) is 7. The first-order valence-electron chi connectivity index (χ1n) is 9.55. The summed E-state index contributed by atoms with van der Waals surface area (Å²) in [4.78, 5) is 19.5. The van der Waals surface area contributed by atoms with Crippen LogP contribution in [0.15, 0.2) is 47.2 Å². The second-order valence-corrected chi connectivity index (χ2v) is 7.12. The fourth-order valence-electron chi connectivity index (χ4n) is 3.12. The van der Waals surface area contributed by atoms with Crippen molar-refractivity contribution in [1.29, 1.82) is 0 Å². The van der Waals surface area contributed by atoms with Crippen LogP contribution in [-0.4, -0.2) is 30.8 Å². The van der Waals surface area contributed by atoms with E-state index in [9.17, 15) is 18.0 Å². The third kappa shape index (κ3) is 4.54. The first-order valence-corrected chi connectivity index (χ1v) is 9.55. The molecule has 0 aliphatic heterocycles. The van der Waals surface area contributed by atoms with E-state index in [0.717, 1.165) is 12.1 Å². The van der Waals surface area contributed by atoms with E-state index < -0.39 is 17.6 Å². The number of halogens is 3. The highest BCUT2D eigenvalue weighted by molar-refractivity contribution is 5.94. The molecular weight excluding hydrogens is 441 g/mol. The second kappa shape index (κ2) is 8.37. The number of nitrogens with zero attached hydrogens (tertiary/aromatic N) is 5. The lowest BCUT2D eigenvalue weighted by Gasteiger charge is -2.09. The molecule has 9 nitrogen and oxygen atoms in total. The summed E-state index contributed by atoms with van der Waals surface area (Å²) in [6, 6.07) is 7.00. The van der Waals surface area contributed by atoms with Gasteiger partial charge in [0.25, 0.3) is 5.89 Å². The lowest BCUT2D eigenvalue weighted by atomic mass is 10.0. The van der Waals surface area contributed by atoms with Crippen LogP contribution in [0.3, 0.4) is 0 Å². The molecule has 0 bridgehead atoms. The number of alkyl halides is 3. The number of aromatic nitrogens is 5. The van der Waals surface area contributed by atoms with Crippen LogP contribution in [0.5, 0.6) is 5.88 Å². The van der Waals surface area contributed by atoms with E-state index >= 15 is 0 Å². The molecule has 33 heavy (non-hydrogen) atoms. The van der Waals surface area contributed by atoms with Gasteiger partial charge in [-0.2, -0.15) is 23.3 Å². The average Bonchev–Trinajstić information content (AvgIpc) is 3.38. The van der Waals surface area contributed by atoms with E-state index in [-0.39, 0.29) is 18.4 Å². The molecular formula is C21H17F3N6O3. The van der Waals surface area contributed by atoms with Crippen LogP contribution < -0.4 is 10.5 Å². The van der Waals surface area contributed by atoms with E-state index in [0.29, 0.717) is 40.0 Å².